The van der Waals surface area contributed by atoms with Gasteiger partial charge in [0.15, 0.2) is 0 Å². The first kappa shape index (κ1) is 13.7. The molecule has 0 bridgehead atoms. The molecule has 1 unspecified atom stereocenters. The molecular formula is C10H20F3N3. The van der Waals surface area contributed by atoms with E-state index in [1.807, 2.05) is 6.92 Å². The summed E-state index contributed by atoms with van der Waals surface area (Å²) in [6.45, 7) is 4.35. The number of alkyl halides is 3. The van der Waals surface area contributed by atoms with Gasteiger partial charge in [0.1, 0.15) is 0 Å². The summed E-state index contributed by atoms with van der Waals surface area (Å²) in [7, 11) is 0. The molecule has 16 heavy (non-hydrogen) atoms. The number of hydrogen-bond acceptors (Lipinski definition) is 3. The summed E-state index contributed by atoms with van der Waals surface area (Å²) in [6.07, 6.45) is -3.18. The van der Waals surface area contributed by atoms with Gasteiger partial charge in [-0.15, -0.1) is 0 Å². The molecule has 0 aromatic carbocycles. The van der Waals surface area contributed by atoms with E-state index in [-0.39, 0.29) is 6.04 Å². The van der Waals surface area contributed by atoms with Crippen LogP contribution in [0.2, 0.25) is 0 Å². The summed E-state index contributed by atoms with van der Waals surface area (Å²) >= 11 is 0. The van der Waals surface area contributed by atoms with Crippen molar-refractivity contribution >= 4 is 0 Å². The summed E-state index contributed by atoms with van der Waals surface area (Å²) in [5, 5.41) is 0. The van der Waals surface area contributed by atoms with E-state index in [9.17, 15) is 13.2 Å². The first-order chi connectivity index (χ1) is 7.40. The SMILES string of the molecule is CCC(N)CN1CCN(CC(F)(F)F)CC1. The van der Waals surface area contributed by atoms with Crippen LogP contribution in [0.5, 0.6) is 0 Å². The quantitative estimate of drug-likeness (QED) is 0.791. The van der Waals surface area contributed by atoms with Crippen LogP contribution in [0.4, 0.5) is 13.2 Å². The molecule has 0 amide bonds. The van der Waals surface area contributed by atoms with Crippen LogP contribution >= 0.6 is 0 Å². The topological polar surface area (TPSA) is 32.5 Å². The monoisotopic (exact) mass is 239 g/mol. The molecule has 1 atom stereocenters. The van der Waals surface area contributed by atoms with Gasteiger partial charge in [0.05, 0.1) is 6.54 Å². The molecule has 0 aliphatic carbocycles. The Balaban J connectivity index is 2.23. The van der Waals surface area contributed by atoms with Crippen LogP contribution in [0, 0.1) is 0 Å². The van der Waals surface area contributed by atoms with Gasteiger partial charge >= 0.3 is 6.18 Å². The second-order valence-corrected chi connectivity index (χ2v) is 4.36. The van der Waals surface area contributed by atoms with Crippen molar-refractivity contribution in [2.45, 2.75) is 25.6 Å². The van der Waals surface area contributed by atoms with Crippen molar-refractivity contribution in [1.29, 1.82) is 0 Å². The first-order valence-corrected chi connectivity index (χ1v) is 5.67. The van der Waals surface area contributed by atoms with E-state index in [0.29, 0.717) is 26.2 Å². The third kappa shape index (κ3) is 5.14. The number of hydrogen-bond donors (Lipinski definition) is 1. The van der Waals surface area contributed by atoms with Gasteiger partial charge in [0, 0.05) is 38.8 Å². The zero-order valence-corrected chi connectivity index (χ0v) is 9.63. The Labute approximate surface area is 94.4 Å². The predicted molar refractivity (Wildman–Crippen MR) is 57.2 cm³/mol. The minimum absolute atomic E-state index is 0.133. The third-order valence-electron chi connectivity index (χ3n) is 2.88. The molecule has 0 saturated carbocycles. The standard InChI is InChI=1S/C10H20F3N3/c1-2-9(14)7-15-3-5-16(6-4-15)8-10(11,12)13/h9H,2-8,14H2,1H3. The zero-order chi connectivity index (χ0) is 12.2. The normalized spacial score (nSPS) is 22.3. The Morgan fingerprint density at radius 2 is 1.62 bits per heavy atom. The molecule has 1 heterocycles. The van der Waals surface area contributed by atoms with Gasteiger partial charge in [-0.05, 0) is 6.42 Å². The van der Waals surface area contributed by atoms with Crippen molar-refractivity contribution in [3.8, 4) is 0 Å². The lowest BCUT2D eigenvalue weighted by Crippen LogP contribution is -2.51. The van der Waals surface area contributed by atoms with E-state index >= 15 is 0 Å². The van der Waals surface area contributed by atoms with Crippen molar-refractivity contribution in [3.05, 3.63) is 0 Å². The van der Waals surface area contributed by atoms with Crippen molar-refractivity contribution in [2.75, 3.05) is 39.3 Å². The van der Waals surface area contributed by atoms with E-state index in [0.717, 1.165) is 13.0 Å². The summed E-state index contributed by atoms with van der Waals surface area (Å²) in [5.41, 5.74) is 5.80. The molecule has 1 saturated heterocycles. The summed E-state index contributed by atoms with van der Waals surface area (Å²) < 4.78 is 36.4. The number of nitrogens with two attached hydrogens (primary N) is 1. The highest BCUT2D eigenvalue weighted by Crippen LogP contribution is 2.17. The van der Waals surface area contributed by atoms with Crippen molar-refractivity contribution in [3.63, 3.8) is 0 Å². The van der Waals surface area contributed by atoms with Crippen molar-refractivity contribution in [2.24, 2.45) is 5.73 Å². The van der Waals surface area contributed by atoms with Gasteiger partial charge in [-0.1, -0.05) is 6.92 Å². The van der Waals surface area contributed by atoms with Crippen molar-refractivity contribution in [1.82, 2.24) is 9.80 Å². The molecule has 0 radical (unpaired) electrons. The molecule has 1 rings (SSSR count). The van der Waals surface area contributed by atoms with Gasteiger partial charge in [-0.3, -0.25) is 9.80 Å². The maximum atomic E-state index is 12.1. The van der Waals surface area contributed by atoms with Gasteiger partial charge < -0.3 is 5.73 Å². The molecular weight excluding hydrogens is 219 g/mol. The molecule has 3 nitrogen and oxygen atoms in total. The van der Waals surface area contributed by atoms with Crippen LogP contribution in [-0.2, 0) is 0 Å². The lowest BCUT2D eigenvalue weighted by molar-refractivity contribution is -0.149. The van der Waals surface area contributed by atoms with Gasteiger partial charge in [-0.25, -0.2) is 0 Å². The van der Waals surface area contributed by atoms with Gasteiger partial charge in [-0.2, -0.15) is 13.2 Å². The molecule has 2 N–H and O–H groups in total. The zero-order valence-electron chi connectivity index (χ0n) is 9.63. The van der Waals surface area contributed by atoms with Crippen LogP contribution in [0.25, 0.3) is 0 Å². The minimum atomic E-state index is -4.08. The van der Waals surface area contributed by atoms with Crippen LogP contribution in [0.15, 0.2) is 0 Å². The van der Waals surface area contributed by atoms with Gasteiger partial charge in [0.2, 0.25) is 0 Å². The highest BCUT2D eigenvalue weighted by atomic mass is 19.4. The number of rotatable bonds is 4. The molecule has 6 heteroatoms. The molecule has 0 spiro atoms. The van der Waals surface area contributed by atoms with E-state index < -0.39 is 12.7 Å². The molecule has 96 valence electrons. The average molecular weight is 239 g/mol. The second kappa shape index (κ2) is 5.84. The second-order valence-electron chi connectivity index (χ2n) is 4.36. The Morgan fingerprint density at radius 3 is 2.06 bits per heavy atom. The average Bonchev–Trinajstić information content (AvgIpc) is 2.18. The van der Waals surface area contributed by atoms with E-state index in [4.69, 9.17) is 5.73 Å². The molecule has 1 fully saturated rings. The summed E-state index contributed by atoms with van der Waals surface area (Å²) in [4.78, 5) is 3.59. The Morgan fingerprint density at radius 1 is 1.12 bits per heavy atom. The highest BCUT2D eigenvalue weighted by molar-refractivity contribution is 4.76. The fourth-order valence-corrected chi connectivity index (χ4v) is 1.84. The van der Waals surface area contributed by atoms with E-state index in [1.165, 1.54) is 4.90 Å². The Kier molecular flexibility index (Phi) is 5.01. The molecule has 0 aromatic rings. The largest absolute Gasteiger partial charge is 0.401 e. The summed E-state index contributed by atoms with van der Waals surface area (Å²) in [6, 6.07) is 0.133. The van der Waals surface area contributed by atoms with Crippen molar-refractivity contribution < 1.29 is 13.2 Å². The molecule has 0 aromatic heterocycles. The lowest BCUT2D eigenvalue weighted by atomic mass is 10.2. The van der Waals surface area contributed by atoms with Crippen LogP contribution in [-0.4, -0.2) is 61.3 Å². The maximum absolute atomic E-state index is 12.1. The highest BCUT2D eigenvalue weighted by Gasteiger charge is 2.32. The smallest absolute Gasteiger partial charge is 0.327 e. The first-order valence-electron chi connectivity index (χ1n) is 5.67. The molecule has 1 aliphatic heterocycles. The Hall–Kier alpha value is -0.330. The van der Waals surface area contributed by atoms with Crippen LogP contribution in [0.1, 0.15) is 13.3 Å². The Bertz CT molecular complexity index is 200. The van der Waals surface area contributed by atoms with Gasteiger partial charge in [0.25, 0.3) is 0 Å². The number of nitrogens with zero attached hydrogens (tertiary/aromatic N) is 2. The predicted octanol–water partition coefficient (Wildman–Crippen LogP) is 0.904. The number of piperazine rings is 1. The fraction of sp³-hybridized carbons (Fsp3) is 1.00. The minimum Gasteiger partial charge on any atom is -0.327 e. The maximum Gasteiger partial charge on any atom is 0.401 e. The summed E-state index contributed by atoms with van der Waals surface area (Å²) in [5.74, 6) is 0. The number of halogens is 3. The third-order valence-corrected chi connectivity index (χ3v) is 2.88. The molecule has 1 aliphatic rings. The lowest BCUT2D eigenvalue weighted by Gasteiger charge is -2.35. The van der Waals surface area contributed by atoms with Crippen LogP contribution in [0.3, 0.4) is 0 Å². The van der Waals surface area contributed by atoms with E-state index in [1.54, 1.807) is 0 Å². The van der Waals surface area contributed by atoms with E-state index in [2.05, 4.69) is 4.90 Å². The fourth-order valence-electron chi connectivity index (χ4n) is 1.84. The van der Waals surface area contributed by atoms with Crippen LogP contribution < -0.4 is 5.73 Å².